The van der Waals surface area contributed by atoms with E-state index in [9.17, 15) is 0 Å². The lowest BCUT2D eigenvalue weighted by Crippen LogP contribution is -2.08. The van der Waals surface area contributed by atoms with Crippen molar-refractivity contribution in [2.24, 2.45) is 0 Å². The first-order chi connectivity index (χ1) is 11.2. The third-order valence-electron chi connectivity index (χ3n) is 3.66. The molecule has 1 N–H and O–H groups in total. The summed E-state index contributed by atoms with van der Waals surface area (Å²) in [5.41, 5.74) is 3.13. The van der Waals surface area contributed by atoms with E-state index in [2.05, 4.69) is 27.3 Å². The minimum Gasteiger partial charge on any atom is -0.494 e. The zero-order valence-electron chi connectivity index (χ0n) is 13.7. The van der Waals surface area contributed by atoms with Crippen LogP contribution in [-0.4, -0.2) is 26.2 Å². The average molecular weight is 311 g/mol. The van der Waals surface area contributed by atoms with Gasteiger partial charge in [-0.2, -0.15) is 14.6 Å². The Morgan fingerprint density at radius 2 is 1.96 bits per heavy atom. The molecule has 0 aliphatic carbocycles. The van der Waals surface area contributed by atoms with E-state index in [-0.39, 0.29) is 0 Å². The maximum Gasteiger partial charge on any atom is 0.254 e. The van der Waals surface area contributed by atoms with E-state index >= 15 is 0 Å². The van der Waals surface area contributed by atoms with Crippen LogP contribution in [0.25, 0.3) is 5.78 Å². The van der Waals surface area contributed by atoms with Gasteiger partial charge in [0.2, 0.25) is 0 Å². The van der Waals surface area contributed by atoms with E-state index in [0.29, 0.717) is 12.4 Å². The highest BCUT2D eigenvalue weighted by molar-refractivity contribution is 5.63. The topological polar surface area (TPSA) is 64.3 Å². The summed E-state index contributed by atoms with van der Waals surface area (Å²) in [6, 6.07) is 7.91. The Morgan fingerprint density at radius 3 is 2.65 bits per heavy atom. The lowest BCUT2D eigenvalue weighted by atomic mass is 10.1. The fourth-order valence-electron chi connectivity index (χ4n) is 2.60. The molecular weight excluding hydrogens is 290 g/mol. The summed E-state index contributed by atoms with van der Waals surface area (Å²) in [5.74, 6) is 2.40. The van der Waals surface area contributed by atoms with Crippen LogP contribution in [0.1, 0.15) is 31.5 Å². The SMILES string of the molecule is CCCc1c(C)nc2ncnn2c1Nc1ccc(OCC)cc1. The molecule has 0 bridgehead atoms. The monoisotopic (exact) mass is 311 g/mol. The third-order valence-corrected chi connectivity index (χ3v) is 3.66. The summed E-state index contributed by atoms with van der Waals surface area (Å²) in [4.78, 5) is 8.73. The summed E-state index contributed by atoms with van der Waals surface area (Å²) in [5, 5.41) is 7.76. The molecule has 0 saturated heterocycles. The van der Waals surface area contributed by atoms with Gasteiger partial charge in [-0.3, -0.25) is 0 Å². The number of aromatic nitrogens is 4. The molecule has 0 amide bonds. The number of rotatable bonds is 6. The standard InChI is InChI=1S/C17H21N5O/c1-4-6-15-12(3)20-17-18-11-19-22(17)16(15)21-13-7-9-14(10-8-13)23-5-2/h7-11,21H,4-6H2,1-3H3. The Bertz CT molecular complexity index is 795. The van der Waals surface area contributed by atoms with Crippen LogP contribution < -0.4 is 10.1 Å². The molecule has 3 rings (SSSR count). The van der Waals surface area contributed by atoms with Crippen LogP contribution in [0.4, 0.5) is 11.5 Å². The van der Waals surface area contributed by atoms with Crippen LogP contribution >= 0.6 is 0 Å². The van der Waals surface area contributed by atoms with Crippen LogP contribution in [0.5, 0.6) is 5.75 Å². The molecule has 0 unspecified atom stereocenters. The smallest absolute Gasteiger partial charge is 0.254 e. The highest BCUT2D eigenvalue weighted by Crippen LogP contribution is 2.25. The molecule has 6 nitrogen and oxygen atoms in total. The molecule has 23 heavy (non-hydrogen) atoms. The number of hydrogen-bond acceptors (Lipinski definition) is 5. The van der Waals surface area contributed by atoms with Crippen molar-refractivity contribution in [1.82, 2.24) is 19.6 Å². The zero-order valence-corrected chi connectivity index (χ0v) is 13.7. The van der Waals surface area contributed by atoms with Crippen molar-refractivity contribution in [1.29, 1.82) is 0 Å². The maximum atomic E-state index is 5.48. The lowest BCUT2D eigenvalue weighted by molar-refractivity contribution is 0.340. The molecule has 0 aliphatic heterocycles. The normalized spacial score (nSPS) is 10.9. The molecule has 0 aliphatic rings. The zero-order chi connectivity index (χ0) is 16.2. The highest BCUT2D eigenvalue weighted by atomic mass is 16.5. The Labute approximate surface area is 135 Å². The van der Waals surface area contributed by atoms with Crippen molar-refractivity contribution in [2.45, 2.75) is 33.6 Å². The molecule has 0 fully saturated rings. The molecule has 3 aromatic rings. The summed E-state index contributed by atoms with van der Waals surface area (Å²) in [6.45, 7) is 6.82. The van der Waals surface area contributed by atoms with Crippen molar-refractivity contribution in [3.63, 3.8) is 0 Å². The number of aryl methyl sites for hydroxylation is 1. The van der Waals surface area contributed by atoms with Gasteiger partial charge >= 0.3 is 0 Å². The lowest BCUT2D eigenvalue weighted by Gasteiger charge is -2.15. The van der Waals surface area contributed by atoms with Gasteiger partial charge < -0.3 is 10.1 Å². The van der Waals surface area contributed by atoms with Gasteiger partial charge in [-0.1, -0.05) is 13.3 Å². The van der Waals surface area contributed by atoms with Crippen molar-refractivity contribution in [3.05, 3.63) is 41.9 Å². The Balaban J connectivity index is 2.00. The average Bonchev–Trinajstić information content (AvgIpc) is 3.01. The Kier molecular flexibility index (Phi) is 4.41. The van der Waals surface area contributed by atoms with Crippen molar-refractivity contribution >= 4 is 17.3 Å². The van der Waals surface area contributed by atoms with E-state index in [4.69, 9.17) is 4.74 Å². The predicted molar refractivity (Wildman–Crippen MR) is 90.4 cm³/mol. The van der Waals surface area contributed by atoms with Crippen LogP contribution in [0, 0.1) is 6.92 Å². The second-order valence-electron chi connectivity index (χ2n) is 5.33. The second kappa shape index (κ2) is 6.64. The van der Waals surface area contributed by atoms with Gasteiger partial charge in [-0.25, -0.2) is 4.98 Å². The maximum absolute atomic E-state index is 5.48. The molecule has 120 valence electrons. The van der Waals surface area contributed by atoms with Crippen molar-refractivity contribution in [2.75, 3.05) is 11.9 Å². The number of ether oxygens (including phenoxy) is 1. The first kappa shape index (κ1) is 15.3. The van der Waals surface area contributed by atoms with E-state index in [1.165, 1.54) is 11.9 Å². The summed E-state index contributed by atoms with van der Waals surface area (Å²) in [7, 11) is 0. The molecule has 0 atom stereocenters. The van der Waals surface area contributed by atoms with Gasteiger partial charge in [0.05, 0.1) is 6.61 Å². The summed E-state index contributed by atoms with van der Waals surface area (Å²) < 4.78 is 7.24. The number of fused-ring (bicyclic) bond motifs is 1. The van der Waals surface area contributed by atoms with Gasteiger partial charge in [0.15, 0.2) is 0 Å². The molecule has 0 spiro atoms. The largest absolute Gasteiger partial charge is 0.494 e. The Hall–Kier alpha value is -2.63. The number of hydrogen-bond donors (Lipinski definition) is 1. The first-order valence-corrected chi connectivity index (χ1v) is 7.92. The first-order valence-electron chi connectivity index (χ1n) is 7.92. The van der Waals surface area contributed by atoms with E-state index in [1.807, 2.05) is 38.1 Å². The molecule has 0 saturated carbocycles. The predicted octanol–water partition coefficient (Wildman–Crippen LogP) is 3.53. The molecular formula is C17H21N5O. The minimum atomic E-state index is 0.607. The number of anilines is 2. The van der Waals surface area contributed by atoms with Crippen molar-refractivity contribution < 1.29 is 4.74 Å². The summed E-state index contributed by atoms with van der Waals surface area (Å²) >= 11 is 0. The second-order valence-corrected chi connectivity index (χ2v) is 5.33. The van der Waals surface area contributed by atoms with Gasteiger partial charge in [-0.15, -0.1) is 0 Å². The van der Waals surface area contributed by atoms with Gasteiger partial charge in [0, 0.05) is 16.9 Å². The quantitative estimate of drug-likeness (QED) is 0.754. The van der Waals surface area contributed by atoms with Crippen molar-refractivity contribution in [3.8, 4) is 5.75 Å². The van der Waals surface area contributed by atoms with E-state index in [0.717, 1.165) is 35.8 Å². The molecule has 6 heteroatoms. The number of benzene rings is 1. The molecule has 2 heterocycles. The van der Waals surface area contributed by atoms with Crippen LogP contribution in [0.15, 0.2) is 30.6 Å². The summed E-state index contributed by atoms with van der Waals surface area (Å²) in [6.07, 6.45) is 3.51. The number of nitrogens with zero attached hydrogens (tertiary/aromatic N) is 4. The third kappa shape index (κ3) is 3.11. The minimum absolute atomic E-state index is 0.607. The number of nitrogens with one attached hydrogen (secondary N) is 1. The fourth-order valence-corrected chi connectivity index (χ4v) is 2.60. The van der Waals surface area contributed by atoms with Crippen LogP contribution in [0.2, 0.25) is 0 Å². The fraction of sp³-hybridized carbons (Fsp3) is 0.353. The van der Waals surface area contributed by atoms with Gasteiger partial charge in [-0.05, 0) is 44.5 Å². The van der Waals surface area contributed by atoms with Gasteiger partial charge in [0.25, 0.3) is 5.78 Å². The molecule has 0 radical (unpaired) electrons. The van der Waals surface area contributed by atoms with Crippen LogP contribution in [-0.2, 0) is 6.42 Å². The van der Waals surface area contributed by atoms with E-state index < -0.39 is 0 Å². The van der Waals surface area contributed by atoms with Gasteiger partial charge in [0.1, 0.15) is 17.9 Å². The van der Waals surface area contributed by atoms with Crippen LogP contribution in [0.3, 0.4) is 0 Å². The Morgan fingerprint density at radius 1 is 1.17 bits per heavy atom. The molecule has 1 aromatic carbocycles. The molecule has 2 aromatic heterocycles. The highest BCUT2D eigenvalue weighted by Gasteiger charge is 2.14. The van der Waals surface area contributed by atoms with E-state index in [1.54, 1.807) is 4.52 Å².